The second-order valence-corrected chi connectivity index (χ2v) is 6.00. The molecule has 3 heterocycles. The molecule has 0 saturated carbocycles. The van der Waals surface area contributed by atoms with Crippen LogP contribution in [0, 0.1) is 0 Å². The molecule has 2 aromatic carbocycles. The van der Waals surface area contributed by atoms with Crippen LogP contribution in [0.3, 0.4) is 0 Å². The molecule has 0 fully saturated rings. The van der Waals surface area contributed by atoms with Crippen molar-refractivity contribution in [3.63, 3.8) is 0 Å². The van der Waals surface area contributed by atoms with Crippen LogP contribution in [-0.2, 0) is 0 Å². The number of aliphatic imine (C=N–C) groups is 1. The van der Waals surface area contributed by atoms with E-state index in [1.165, 1.54) is 0 Å². The van der Waals surface area contributed by atoms with Crippen molar-refractivity contribution < 1.29 is 0 Å². The van der Waals surface area contributed by atoms with Gasteiger partial charge in [0.15, 0.2) is 5.82 Å². The van der Waals surface area contributed by atoms with Gasteiger partial charge in [-0.05, 0) is 24.3 Å². The van der Waals surface area contributed by atoms with E-state index in [9.17, 15) is 0 Å². The average molecular weight is 350 g/mol. The molecule has 0 N–H and O–H groups in total. The molecule has 2 aromatic heterocycles. The average Bonchev–Trinajstić information content (AvgIpc) is 3.30. The molecular weight excluding hydrogens is 336 g/mol. The monoisotopic (exact) mass is 350 g/mol. The highest BCUT2D eigenvalue weighted by Gasteiger charge is 2.28. The van der Waals surface area contributed by atoms with Gasteiger partial charge in [-0.25, -0.2) is 9.98 Å². The summed E-state index contributed by atoms with van der Waals surface area (Å²) in [6.45, 7) is 0. The van der Waals surface area contributed by atoms with Crippen molar-refractivity contribution in [3.8, 4) is 11.4 Å². The summed E-state index contributed by atoms with van der Waals surface area (Å²) in [5.41, 5.74) is 4.12. The Hall–Kier alpha value is -3.93. The van der Waals surface area contributed by atoms with E-state index < -0.39 is 0 Å². The van der Waals surface area contributed by atoms with Crippen LogP contribution in [-0.4, -0.2) is 31.3 Å². The smallest absolute Gasteiger partial charge is 0.204 e. The first-order valence-electron chi connectivity index (χ1n) is 8.55. The first kappa shape index (κ1) is 15.3. The standard InChI is InChI=1S/C21H14N6/c1-3-8-15(9-4-1)18-19(23-17-11-5-2-6-12-17)21-24-20(26-27(21)25-18)16-10-7-13-22-14-16/h1-14H. The van der Waals surface area contributed by atoms with E-state index in [1.54, 1.807) is 17.2 Å². The van der Waals surface area contributed by atoms with Gasteiger partial charge in [0, 0.05) is 23.5 Å². The minimum absolute atomic E-state index is 0.578. The molecule has 5 rings (SSSR count). The zero-order valence-corrected chi connectivity index (χ0v) is 14.3. The fourth-order valence-corrected chi connectivity index (χ4v) is 2.91. The summed E-state index contributed by atoms with van der Waals surface area (Å²) in [5.74, 6) is 1.20. The molecule has 0 bridgehead atoms. The third kappa shape index (κ3) is 2.83. The van der Waals surface area contributed by atoms with Gasteiger partial charge in [0.1, 0.15) is 11.4 Å². The van der Waals surface area contributed by atoms with Crippen molar-refractivity contribution in [3.05, 3.63) is 96.6 Å². The number of nitrogens with zero attached hydrogens (tertiary/aromatic N) is 6. The van der Waals surface area contributed by atoms with E-state index in [0.717, 1.165) is 22.5 Å². The van der Waals surface area contributed by atoms with Crippen molar-refractivity contribution in [2.75, 3.05) is 0 Å². The van der Waals surface area contributed by atoms with Crippen molar-refractivity contribution in [2.45, 2.75) is 0 Å². The Bertz CT molecular complexity index is 1150. The SMILES string of the molecule is c1ccc(N=C2C(c3ccccc3)=Nn3nc(-c4cccnc4)nc32)cc1. The quantitative estimate of drug-likeness (QED) is 0.565. The number of pyridine rings is 1. The van der Waals surface area contributed by atoms with Crippen molar-refractivity contribution in [1.82, 2.24) is 19.9 Å². The topological polar surface area (TPSA) is 68.3 Å². The summed E-state index contributed by atoms with van der Waals surface area (Å²) in [7, 11) is 0. The van der Waals surface area contributed by atoms with Gasteiger partial charge < -0.3 is 0 Å². The highest BCUT2D eigenvalue weighted by atomic mass is 15.6. The third-order valence-corrected chi connectivity index (χ3v) is 4.19. The molecule has 0 amide bonds. The lowest BCUT2D eigenvalue weighted by Crippen LogP contribution is -2.13. The van der Waals surface area contributed by atoms with E-state index in [0.29, 0.717) is 17.4 Å². The lowest BCUT2D eigenvalue weighted by molar-refractivity contribution is 0.748. The third-order valence-electron chi connectivity index (χ3n) is 4.19. The largest absolute Gasteiger partial charge is 0.264 e. The molecule has 0 aliphatic carbocycles. The van der Waals surface area contributed by atoms with Gasteiger partial charge in [-0.1, -0.05) is 48.5 Å². The Balaban J connectivity index is 1.66. The van der Waals surface area contributed by atoms with Gasteiger partial charge in [0.25, 0.3) is 0 Å². The number of aromatic nitrogens is 4. The van der Waals surface area contributed by atoms with Crippen LogP contribution >= 0.6 is 0 Å². The molecule has 6 heteroatoms. The number of hydrogen-bond acceptors (Lipinski definition) is 5. The molecule has 6 nitrogen and oxygen atoms in total. The molecule has 0 spiro atoms. The molecular formula is C21H14N6. The zero-order valence-electron chi connectivity index (χ0n) is 14.3. The summed E-state index contributed by atoms with van der Waals surface area (Å²) < 4.78 is 0. The number of rotatable bonds is 3. The Morgan fingerprint density at radius 1 is 0.778 bits per heavy atom. The maximum absolute atomic E-state index is 4.81. The van der Waals surface area contributed by atoms with Gasteiger partial charge in [-0.15, -0.1) is 15.0 Å². The van der Waals surface area contributed by atoms with E-state index in [4.69, 9.17) is 4.99 Å². The van der Waals surface area contributed by atoms with Gasteiger partial charge >= 0.3 is 0 Å². The predicted octanol–water partition coefficient (Wildman–Crippen LogP) is 3.73. The fraction of sp³-hybridized carbons (Fsp3) is 0. The van der Waals surface area contributed by atoms with Crippen LogP contribution in [0.25, 0.3) is 11.4 Å². The van der Waals surface area contributed by atoms with Gasteiger partial charge in [-0.3, -0.25) is 4.98 Å². The van der Waals surface area contributed by atoms with Crippen LogP contribution < -0.4 is 0 Å². The molecule has 128 valence electrons. The zero-order chi connectivity index (χ0) is 18.1. The minimum Gasteiger partial charge on any atom is -0.264 e. The normalized spacial score (nSPS) is 14.2. The maximum atomic E-state index is 4.81. The first-order valence-corrected chi connectivity index (χ1v) is 8.55. The summed E-state index contributed by atoms with van der Waals surface area (Å²) in [5, 5.41) is 9.18. The number of benzene rings is 2. The van der Waals surface area contributed by atoms with E-state index >= 15 is 0 Å². The second kappa shape index (κ2) is 6.42. The summed E-state index contributed by atoms with van der Waals surface area (Å²) >= 11 is 0. The van der Waals surface area contributed by atoms with E-state index in [1.807, 2.05) is 72.8 Å². The fourth-order valence-electron chi connectivity index (χ4n) is 2.91. The molecule has 0 atom stereocenters. The molecule has 0 saturated heterocycles. The van der Waals surface area contributed by atoms with Crippen LogP contribution in [0.2, 0.25) is 0 Å². The lowest BCUT2D eigenvalue weighted by atomic mass is 10.1. The Labute approximate surface area is 155 Å². The Kier molecular flexibility index (Phi) is 3.65. The Morgan fingerprint density at radius 3 is 2.26 bits per heavy atom. The Morgan fingerprint density at radius 2 is 1.52 bits per heavy atom. The molecule has 27 heavy (non-hydrogen) atoms. The van der Waals surface area contributed by atoms with Crippen molar-refractivity contribution >= 4 is 17.1 Å². The van der Waals surface area contributed by atoms with Gasteiger partial charge in [-0.2, -0.15) is 0 Å². The maximum Gasteiger partial charge on any atom is 0.204 e. The van der Waals surface area contributed by atoms with E-state index in [2.05, 4.69) is 20.2 Å². The molecule has 0 radical (unpaired) electrons. The van der Waals surface area contributed by atoms with Crippen LogP contribution in [0.4, 0.5) is 5.69 Å². The molecule has 4 aromatic rings. The van der Waals surface area contributed by atoms with Crippen LogP contribution in [0.15, 0.2) is 95.3 Å². The van der Waals surface area contributed by atoms with Gasteiger partial charge in [0.05, 0.1) is 5.69 Å². The van der Waals surface area contributed by atoms with Crippen LogP contribution in [0.5, 0.6) is 0 Å². The highest BCUT2D eigenvalue weighted by molar-refractivity contribution is 6.54. The molecule has 1 aliphatic heterocycles. The second-order valence-electron chi connectivity index (χ2n) is 6.00. The highest BCUT2D eigenvalue weighted by Crippen LogP contribution is 2.23. The van der Waals surface area contributed by atoms with Crippen molar-refractivity contribution in [1.29, 1.82) is 0 Å². The predicted molar refractivity (Wildman–Crippen MR) is 104 cm³/mol. The molecule has 1 aliphatic rings. The van der Waals surface area contributed by atoms with Gasteiger partial charge in [0.2, 0.25) is 5.82 Å². The number of hydrogen-bond donors (Lipinski definition) is 0. The van der Waals surface area contributed by atoms with Crippen molar-refractivity contribution in [2.24, 2.45) is 10.1 Å². The lowest BCUT2D eigenvalue weighted by Gasteiger charge is -2.02. The summed E-state index contributed by atoms with van der Waals surface area (Å²) in [4.78, 5) is 15.2. The van der Waals surface area contributed by atoms with Crippen LogP contribution in [0.1, 0.15) is 11.4 Å². The van der Waals surface area contributed by atoms with E-state index in [-0.39, 0.29) is 0 Å². The minimum atomic E-state index is 0.578. The summed E-state index contributed by atoms with van der Waals surface area (Å²) in [6, 6.07) is 23.5. The molecule has 0 unspecified atom stereocenters. The summed E-state index contributed by atoms with van der Waals surface area (Å²) in [6.07, 6.45) is 3.46. The number of para-hydroxylation sites is 1. The first-order chi connectivity index (χ1) is 13.4. The number of fused-ring (bicyclic) bond motifs is 1.